The second-order valence-electron chi connectivity index (χ2n) is 5.57. The summed E-state index contributed by atoms with van der Waals surface area (Å²) in [5, 5.41) is 6.79. The van der Waals surface area contributed by atoms with Gasteiger partial charge < -0.3 is 10.6 Å². The van der Waals surface area contributed by atoms with Crippen molar-refractivity contribution in [2.45, 2.75) is 19.3 Å². The molecule has 3 nitrogen and oxygen atoms in total. The van der Waals surface area contributed by atoms with Crippen molar-refractivity contribution in [1.29, 1.82) is 0 Å². The van der Waals surface area contributed by atoms with Gasteiger partial charge >= 0.3 is 0 Å². The van der Waals surface area contributed by atoms with Crippen molar-refractivity contribution in [3.8, 4) is 0 Å². The van der Waals surface area contributed by atoms with Crippen LogP contribution in [0.5, 0.6) is 0 Å². The Labute approximate surface area is 147 Å². The summed E-state index contributed by atoms with van der Waals surface area (Å²) >= 11 is 5.93. The van der Waals surface area contributed by atoms with Crippen LogP contribution in [0.1, 0.15) is 17.5 Å². The molecule has 2 aromatic carbocycles. The van der Waals surface area contributed by atoms with Crippen LogP contribution in [0.3, 0.4) is 0 Å². The normalized spacial score (nSPS) is 10.6. The van der Waals surface area contributed by atoms with Gasteiger partial charge in [-0.25, -0.2) is 4.39 Å². The van der Waals surface area contributed by atoms with Crippen LogP contribution >= 0.6 is 11.6 Å². The minimum Gasteiger partial charge on any atom is -0.356 e. The molecule has 128 valence electrons. The van der Waals surface area contributed by atoms with Gasteiger partial charge in [0.25, 0.3) is 0 Å². The SMILES string of the molecule is O=C(CCNCCc1cccc(Cl)c1)NCCc1ccccc1F. The Bertz CT molecular complexity index is 663. The minimum absolute atomic E-state index is 0.0263. The second kappa shape index (κ2) is 10.1. The first-order valence-electron chi connectivity index (χ1n) is 8.10. The highest BCUT2D eigenvalue weighted by molar-refractivity contribution is 6.30. The lowest BCUT2D eigenvalue weighted by atomic mass is 10.1. The molecule has 0 saturated carbocycles. The molecule has 2 N–H and O–H groups in total. The van der Waals surface area contributed by atoms with E-state index in [9.17, 15) is 9.18 Å². The maximum atomic E-state index is 13.4. The lowest BCUT2D eigenvalue weighted by Gasteiger charge is -2.07. The number of amides is 1. The molecule has 0 unspecified atom stereocenters. The molecule has 1 amide bonds. The van der Waals surface area contributed by atoms with E-state index in [1.165, 1.54) is 11.6 Å². The van der Waals surface area contributed by atoms with Crippen LogP contribution in [-0.2, 0) is 17.6 Å². The van der Waals surface area contributed by atoms with Gasteiger partial charge in [-0.2, -0.15) is 0 Å². The zero-order chi connectivity index (χ0) is 17.2. The van der Waals surface area contributed by atoms with Crippen molar-refractivity contribution >= 4 is 17.5 Å². The Morgan fingerprint density at radius 1 is 1.00 bits per heavy atom. The maximum Gasteiger partial charge on any atom is 0.221 e. The first-order chi connectivity index (χ1) is 11.6. The van der Waals surface area contributed by atoms with Crippen LogP contribution in [0.4, 0.5) is 4.39 Å². The fraction of sp³-hybridized carbons (Fsp3) is 0.316. The summed E-state index contributed by atoms with van der Waals surface area (Å²) in [6.45, 7) is 1.86. The molecule has 0 atom stereocenters. The molecule has 0 radical (unpaired) electrons. The highest BCUT2D eigenvalue weighted by atomic mass is 35.5. The first kappa shape index (κ1) is 18.4. The third kappa shape index (κ3) is 6.69. The Kier molecular flexibility index (Phi) is 7.72. The lowest BCUT2D eigenvalue weighted by molar-refractivity contribution is -0.120. The summed E-state index contributed by atoms with van der Waals surface area (Å²) in [5.41, 5.74) is 1.79. The Balaban J connectivity index is 1.54. The van der Waals surface area contributed by atoms with Gasteiger partial charge in [0.05, 0.1) is 0 Å². The van der Waals surface area contributed by atoms with Gasteiger partial charge in [-0.05, 0) is 48.7 Å². The average molecular weight is 349 g/mol. The van der Waals surface area contributed by atoms with Crippen molar-refractivity contribution in [3.63, 3.8) is 0 Å². The molecule has 0 aromatic heterocycles. The Morgan fingerprint density at radius 3 is 2.62 bits per heavy atom. The van der Waals surface area contributed by atoms with Crippen molar-refractivity contribution in [2.75, 3.05) is 19.6 Å². The van der Waals surface area contributed by atoms with E-state index in [-0.39, 0.29) is 11.7 Å². The van der Waals surface area contributed by atoms with Crippen LogP contribution in [0.15, 0.2) is 48.5 Å². The predicted octanol–water partition coefficient (Wildman–Crippen LogP) is 3.36. The number of carbonyl (C=O) groups is 1. The van der Waals surface area contributed by atoms with Crippen molar-refractivity contribution in [3.05, 3.63) is 70.5 Å². The summed E-state index contributed by atoms with van der Waals surface area (Å²) in [7, 11) is 0. The molecule has 0 fully saturated rings. The van der Waals surface area contributed by atoms with Gasteiger partial charge in [-0.15, -0.1) is 0 Å². The van der Waals surface area contributed by atoms with Crippen LogP contribution < -0.4 is 10.6 Å². The number of rotatable bonds is 9. The average Bonchev–Trinajstić information content (AvgIpc) is 2.56. The minimum atomic E-state index is -0.227. The second-order valence-corrected chi connectivity index (χ2v) is 6.01. The predicted molar refractivity (Wildman–Crippen MR) is 95.8 cm³/mol. The van der Waals surface area contributed by atoms with Crippen LogP contribution in [0, 0.1) is 5.82 Å². The molecule has 2 rings (SSSR count). The molecule has 0 bridgehead atoms. The van der Waals surface area contributed by atoms with E-state index in [2.05, 4.69) is 10.6 Å². The summed E-state index contributed by atoms with van der Waals surface area (Å²) in [5.74, 6) is -0.254. The van der Waals surface area contributed by atoms with Crippen molar-refractivity contribution in [1.82, 2.24) is 10.6 Å². The number of benzene rings is 2. The van der Waals surface area contributed by atoms with E-state index in [0.29, 0.717) is 31.5 Å². The molecule has 0 spiro atoms. The quantitative estimate of drug-likeness (QED) is 0.682. The first-order valence-corrected chi connectivity index (χ1v) is 8.48. The van der Waals surface area contributed by atoms with Crippen molar-refractivity contribution in [2.24, 2.45) is 0 Å². The van der Waals surface area contributed by atoms with E-state index >= 15 is 0 Å². The number of hydrogen-bond acceptors (Lipinski definition) is 2. The van der Waals surface area contributed by atoms with Gasteiger partial charge in [-0.1, -0.05) is 41.9 Å². The van der Waals surface area contributed by atoms with Gasteiger partial charge in [0, 0.05) is 24.5 Å². The summed E-state index contributed by atoms with van der Waals surface area (Å²) in [4.78, 5) is 11.7. The molecule has 0 heterocycles. The monoisotopic (exact) mass is 348 g/mol. The molecule has 0 saturated heterocycles. The van der Waals surface area contributed by atoms with E-state index in [4.69, 9.17) is 11.6 Å². The number of nitrogens with one attached hydrogen (secondary N) is 2. The van der Waals surface area contributed by atoms with Gasteiger partial charge in [0.15, 0.2) is 0 Å². The number of halogens is 2. The summed E-state index contributed by atoms with van der Waals surface area (Å²) in [6.07, 6.45) is 1.78. The third-order valence-corrected chi connectivity index (χ3v) is 3.92. The third-order valence-electron chi connectivity index (χ3n) is 3.68. The van der Waals surface area contributed by atoms with Crippen molar-refractivity contribution < 1.29 is 9.18 Å². The van der Waals surface area contributed by atoms with Gasteiger partial charge in [0.2, 0.25) is 5.91 Å². The van der Waals surface area contributed by atoms with Crippen LogP contribution in [0.25, 0.3) is 0 Å². The molecular formula is C19H22ClFN2O. The van der Waals surface area contributed by atoms with Crippen LogP contribution in [-0.4, -0.2) is 25.5 Å². The molecule has 0 aliphatic heterocycles. The largest absolute Gasteiger partial charge is 0.356 e. The molecule has 0 aliphatic rings. The highest BCUT2D eigenvalue weighted by Gasteiger charge is 2.03. The Morgan fingerprint density at radius 2 is 1.83 bits per heavy atom. The molecule has 0 aliphatic carbocycles. The Hall–Kier alpha value is -1.91. The van der Waals surface area contributed by atoms with E-state index in [0.717, 1.165) is 18.0 Å². The zero-order valence-electron chi connectivity index (χ0n) is 13.5. The van der Waals surface area contributed by atoms with Crippen LogP contribution in [0.2, 0.25) is 5.02 Å². The highest BCUT2D eigenvalue weighted by Crippen LogP contribution is 2.10. The zero-order valence-corrected chi connectivity index (χ0v) is 14.3. The summed E-state index contributed by atoms with van der Waals surface area (Å²) in [6, 6.07) is 14.4. The van der Waals surface area contributed by atoms with E-state index < -0.39 is 0 Å². The van der Waals surface area contributed by atoms with E-state index in [1.54, 1.807) is 18.2 Å². The fourth-order valence-electron chi connectivity index (χ4n) is 2.38. The van der Waals surface area contributed by atoms with Gasteiger partial charge in [-0.3, -0.25) is 4.79 Å². The fourth-order valence-corrected chi connectivity index (χ4v) is 2.59. The molecular weight excluding hydrogens is 327 g/mol. The lowest BCUT2D eigenvalue weighted by Crippen LogP contribution is -2.30. The maximum absolute atomic E-state index is 13.4. The van der Waals surface area contributed by atoms with Gasteiger partial charge in [0.1, 0.15) is 5.82 Å². The number of hydrogen-bond donors (Lipinski definition) is 2. The van der Waals surface area contributed by atoms with E-state index in [1.807, 2.05) is 24.3 Å². The number of carbonyl (C=O) groups excluding carboxylic acids is 1. The molecule has 5 heteroatoms. The smallest absolute Gasteiger partial charge is 0.221 e. The molecule has 2 aromatic rings. The molecule has 24 heavy (non-hydrogen) atoms. The summed E-state index contributed by atoms with van der Waals surface area (Å²) < 4.78 is 13.4. The topological polar surface area (TPSA) is 41.1 Å². The standard InChI is InChI=1S/C19H22ClFN2O/c20-17-6-3-4-15(14-17)8-11-22-12-10-19(24)23-13-9-16-5-1-2-7-18(16)21/h1-7,14,22H,8-13H2,(H,23,24).